The van der Waals surface area contributed by atoms with E-state index in [4.69, 9.17) is 27.9 Å². The van der Waals surface area contributed by atoms with Crippen LogP contribution in [-0.2, 0) is 9.53 Å². The van der Waals surface area contributed by atoms with Crippen LogP contribution in [0.25, 0.3) is 0 Å². The number of esters is 1. The monoisotopic (exact) mass is 354 g/mol. The van der Waals surface area contributed by atoms with E-state index in [1.54, 1.807) is 31.2 Å². The van der Waals surface area contributed by atoms with Crippen LogP contribution in [0.15, 0.2) is 42.1 Å². The Balaban J connectivity index is 2.59. The van der Waals surface area contributed by atoms with Crippen LogP contribution in [0.5, 0.6) is 0 Å². The van der Waals surface area contributed by atoms with Crippen molar-refractivity contribution in [2.24, 2.45) is 0 Å². The van der Waals surface area contributed by atoms with Crippen molar-refractivity contribution in [2.75, 3.05) is 13.7 Å². The molecule has 2 amide bonds. The second kappa shape index (κ2) is 7.06. The molecule has 0 aromatic heterocycles. The van der Waals surface area contributed by atoms with E-state index >= 15 is 0 Å². The summed E-state index contributed by atoms with van der Waals surface area (Å²) in [5, 5.41) is 3.60. The number of carbonyl (C=O) groups excluding carboxylic acids is 2. The van der Waals surface area contributed by atoms with Crippen molar-refractivity contribution in [2.45, 2.75) is 13.0 Å². The minimum Gasteiger partial charge on any atom is -0.466 e. The number of carbonyl (C=O) groups is 2. The van der Waals surface area contributed by atoms with Crippen molar-refractivity contribution in [3.8, 4) is 0 Å². The molecule has 0 saturated carbocycles. The molecule has 1 N–H and O–H groups in total. The summed E-state index contributed by atoms with van der Waals surface area (Å²) in [7, 11) is 1.29. The molecule has 7 heteroatoms. The smallest absolute Gasteiger partial charge is 0.337 e. The summed E-state index contributed by atoms with van der Waals surface area (Å²) in [5.41, 5.74) is 1.39. The normalized spacial score (nSPS) is 17.8. The molecule has 1 heterocycles. The first-order valence-electron chi connectivity index (χ1n) is 6.83. The molecule has 0 radical (unpaired) electrons. The number of benzene rings is 1. The highest BCUT2D eigenvalue weighted by Crippen LogP contribution is 2.35. The highest BCUT2D eigenvalue weighted by molar-refractivity contribution is 6.35. The fraction of sp³-hybridized carbons (Fsp3) is 0.250. The van der Waals surface area contributed by atoms with Crippen molar-refractivity contribution in [3.05, 3.63) is 57.7 Å². The van der Waals surface area contributed by atoms with E-state index in [-0.39, 0.29) is 12.6 Å². The zero-order valence-electron chi connectivity index (χ0n) is 12.7. The Labute approximate surface area is 144 Å². The maximum absolute atomic E-state index is 12.3. The lowest BCUT2D eigenvalue weighted by Gasteiger charge is -2.35. The number of methoxy groups -OCH3 is 1. The molecule has 1 aromatic rings. The van der Waals surface area contributed by atoms with Crippen LogP contribution in [0.4, 0.5) is 4.79 Å². The molecule has 2 rings (SSSR count). The second-order valence-corrected chi connectivity index (χ2v) is 5.78. The van der Waals surface area contributed by atoms with Gasteiger partial charge < -0.3 is 10.1 Å². The highest BCUT2D eigenvalue weighted by atomic mass is 35.5. The molecule has 23 heavy (non-hydrogen) atoms. The van der Waals surface area contributed by atoms with Gasteiger partial charge in [0, 0.05) is 22.3 Å². The van der Waals surface area contributed by atoms with Crippen molar-refractivity contribution in [1.82, 2.24) is 10.2 Å². The van der Waals surface area contributed by atoms with E-state index < -0.39 is 12.0 Å². The molecular weight excluding hydrogens is 339 g/mol. The highest BCUT2D eigenvalue weighted by Gasteiger charge is 2.36. The van der Waals surface area contributed by atoms with Crippen LogP contribution in [0, 0.1) is 0 Å². The lowest BCUT2D eigenvalue weighted by molar-refractivity contribution is -0.136. The van der Waals surface area contributed by atoms with E-state index in [0.717, 1.165) is 0 Å². The minimum atomic E-state index is -0.708. The average Bonchev–Trinajstić information content (AvgIpc) is 2.50. The van der Waals surface area contributed by atoms with Gasteiger partial charge in [-0.1, -0.05) is 35.3 Å². The standard InChI is InChI=1S/C16H16Cl2N2O3/c1-4-7-20-9(2)13(15(21)23-3)14(19-16(20)22)11-6-5-10(17)8-12(11)18/h4-6,8,14H,1,7H2,2-3H3,(H,19,22). The molecule has 0 aliphatic carbocycles. The number of nitrogens with zero attached hydrogens (tertiary/aromatic N) is 1. The molecular formula is C16H16Cl2N2O3. The molecule has 1 aliphatic rings. The molecule has 122 valence electrons. The fourth-order valence-electron chi connectivity index (χ4n) is 2.47. The average molecular weight is 355 g/mol. The predicted octanol–water partition coefficient (Wildman–Crippen LogP) is 3.69. The summed E-state index contributed by atoms with van der Waals surface area (Å²) in [5.74, 6) is -0.535. The van der Waals surface area contributed by atoms with E-state index in [1.165, 1.54) is 12.0 Å². The van der Waals surface area contributed by atoms with Crippen LogP contribution in [0.1, 0.15) is 18.5 Å². The van der Waals surface area contributed by atoms with Gasteiger partial charge in [0.15, 0.2) is 0 Å². The van der Waals surface area contributed by atoms with Crippen LogP contribution in [-0.4, -0.2) is 30.6 Å². The van der Waals surface area contributed by atoms with Gasteiger partial charge in [-0.05, 0) is 24.6 Å². The van der Waals surface area contributed by atoms with Gasteiger partial charge in [0.1, 0.15) is 0 Å². The first-order valence-corrected chi connectivity index (χ1v) is 7.59. The van der Waals surface area contributed by atoms with Crippen LogP contribution < -0.4 is 5.32 Å². The number of allylic oxidation sites excluding steroid dienone is 1. The topological polar surface area (TPSA) is 58.6 Å². The van der Waals surface area contributed by atoms with Gasteiger partial charge in [-0.3, -0.25) is 4.90 Å². The van der Waals surface area contributed by atoms with Crippen LogP contribution >= 0.6 is 23.2 Å². The number of ether oxygens (including phenoxy) is 1. The minimum absolute atomic E-state index is 0.277. The first-order chi connectivity index (χ1) is 10.9. The third-order valence-electron chi connectivity index (χ3n) is 3.59. The molecule has 1 aromatic carbocycles. The SMILES string of the molecule is C=CCN1C(=O)NC(c2ccc(Cl)cc2Cl)C(C(=O)OC)=C1C. The first kappa shape index (κ1) is 17.4. The van der Waals surface area contributed by atoms with E-state index in [0.29, 0.717) is 26.9 Å². The molecule has 1 atom stereocenters. The molecule has 0 bridgehead atoms. The van der Waals surface area contributed by atoms with Crippen LogP contribution in [0.2, 0.25) is 10.0 Å². The molecule has 5 nitrogen and oxygen atoms in total. The van der Waals surface area contributed by atoms with Gasteiger partial charge in [0.2, 0.25) is 0 Å². The van der Waals surface area contributed by atoms with Crippen molar-refractivity contribution in [1.29, 1.82) is 0 Å². The zero-order valence-corrected chi connectivity index (χ0v) is 14.2. The summed E-state index contributed by atoms with van der Waals surface area (Å²) in [4.78, 5) is 26.0. The van der Waals surface area contributed by atoms with E-state index in [2.05, 4.69) is 11.9 Å². The van der Waals surface area contributed by atoms with Crippen LogP contribution in [0.3, 0.4) is 0 Å². The Bertz CT molecular complexity index is 701. The molecule has 0 spiro atoms. The number of halogens is 2. The van der Waals surface area contributed by atoms with Gasteiger partial charge in [-0.15, -0.1) is 6.58 Å². The summed E-state index contributed by atoms with van der Waals surface area (Å²) in [6.45, 7) is 5.58. The Morgan fingerprint density at radius 2 is 2.17 bits per heavy atom. The van der Waals surface area contributed by atoms with Crippen molar-refractivity contribution < 1.29 is 14.3 Å². The lowest BCUT2D eigenvalue weighted by atomic mass is 9.95. The Morgan fingerprint density at radius 1 is 1.48 bits per heavy atom. The third kappa shape index (κ3) is 3.35. The number of amides is 2. The lowest BCUT2D eigenvalue weighted by Crippen LogP contribution is -2.48. The Morgan fingerprint density at radius 3 is 2.74 bits per heavy atom. The zero-order chi connectivity index (χ0) is 17.1. The summed E-state index contributed by atoms with van der Waals surface area (Å²) in [6, 6.07) is 3.83. The summed E-state index contributed by atoms with van der Waals surface area (Å²) < 4.78 is 4.87. The van der Waals surface area contributed by atoms with Gasteiger partial charge in [-0.25, -0.2) is 9.59 Å². The molecule has 0 fully saturated rings. The summed E-state index contributed by atoms with van der Waals surface area (Å²) >= 11 is 12.1. The third-order valence-corrected chi connectivity index (χ3v) is 4.15. The maximum Gasteiger partial charge on any atom is 0.337 e. The van der Waals surface area contributed by atoms with Crippen molar-refractivity contribution in [3.63, 3.8) is 0 Å². The van der Waals surface area contributed by atoms with Gasteiger partial charge in [-0.2, -0.15) is 0 Å². The predicted molar refractivity (Wildman–Crippen MR) is 89.4 cm³/mol. The van der Waals surface area contributed by atoms with Gasteiger partial charge in [0.05, 0.1) is 18.7 Å². The maximum atomic E-state index is 12.3. The van der Waals surface area contributed by atoms with Crippen molar-refractivity contribution >= 4 is 35.2 Å². The number of hydrogen-bond acceptors (Lipinski definition) is 3. The number of hydrogen-bond donors (Lipinski definition) is 1. The number of rotatable bonds is 4. The van der Waals surface area contributed by atoms with E-state index in [9.17, 15) is 9.59 Å². The van der Waals surface area contributed by atoms with E-state index in [1.807, 2.05) is 0 Å². The quantitative estimate of drug-likeness (QED) is 0.662. The van der Waals surface area contributed by atoms with Gasteiger partial charge >= 0.3 is 12.0 Å². The largest absolute Gasteiger partial charge is 0.466 e. The second-order valence-electron chi connectivity index (χ2n) is 4.94. The summed E-state index contributed by atoms with van der Waals surface area (Å²) in [6.07, 6.45) is 1.58. The molecule has 1 aliphatic heterocycles. The number of nitrogens with one attached hydrogen (secondary N) is 1. The Kier molecular flexibility index (Phi) is 5.34. The molecule has 0 saturated heterocycles. The van der Waals surface area contributed by atoms with Gasteiger partial charge in [0.25, 0.3) is 0 Å². The molecule has 1 unspecified atom stereocenters. The fourth-order valence-corrected chi connectivity index (χ4v) is 2.99. The number of urea groups is 1. The Hall–Kier alpha value is -1.98.